The van der Waals surface area contributed by atoms with Gasteiger partial charge in [-0.2, -0.15) is 4.98 Å². The van der Waals surface area contributed by atoms with Crippen molar-refractivity contribution in [3.63, 3.8) is 0 Å². The number of piperidine rings is 2. The first-order valence-electron chi connectivity index (χ1n) is 9.96. The molecule has 1 atom stereocenters. The minimum Gasteiger partial charge on any atom is -0.394 e. The number of nitrogens with zero attached hydrogens (tertiary/aromatic N) is 5. The van der Waals surface area contributed by atoms with E-state index in [1.54, 1.807) is 6.20 Å². The number of hydrogen-bond acceptors (Lipinski definition) is 7. The molecule has 1 aromatic heterocycles. The van der Waals surface area contributed by atoms with Crippen molar-refractivity contribution in [1.82, 2.24) is 14.9 Å². The van der Waals surface area contributed by atoms with Gasteiger partial charge >= 0.3 is 0 Å². The molecule has 2 aliphatic heterocycles. The average molecular weight is 364 g/mol. The Labute approximate surface area is 156 Å². The van der Waals surface area contributed by atoms with Crippen LogP contribution in [0.5, 0.6) is 0 Å². The molecule has 0 aliphatic carbocycles. The smallest absolute Gasteiger partial charge is 0.227 e. The molecule has 7 nitrogen and oxygen atoms in total. The van der Waals surface area contributed by atoms with Crippen LogP contribution in [0.25, 0.3) is 0 Å². The van der Waals surface area contributed by atoms with Gasteiger partial charge < -0.3 is 24.9 Å². The summed E-state index contributed by atoms with van der Waals surface area (Å²) >= 11 is 0. The molecule has 7 heteroatoms. The lowest BCUT2D eigenvalue weighted by Gasteiger charge is -2.36. The molecule has 2 aliphatic rings. The molecule has 0 bridgehead atoms. The number of likely N-dealkylation sites (tertiary alicyclic amines) is 1. The van der Waals surface area contributed by atoms with Gasteiger partial charge in [-0.25, -0.2) is 4.98 Å². The van der Waals surface area contributed by atoms with E-state index in [1.165, 1.54) is 51.7 Å². The highest BCUT2D eigenvalue weighted by Gasteiger charge is 2.24. The van der Waals surface area contributed by atoms with Crippen LogP contribution in [0.4, 0.5) is 11.8 Å². The van der Waals surface area contributed by atoms with E-state index in [0.717, 1.165) is 30.8 Å². The van der Waals surface area contributed by atoms with Crippen molar-refractivity contribution < 1.29 is 10.2 Å². The van der Waals surface area contributed by atoms with Crippen LogP contribution in [0, 0.1) is 5.92 Å². The number of aliphatic hydroxyl groups is 2. The van der Waals surface area contributed by atoms with E-state index in [-0.39, 0.29) is 6.61 Å². The number of aliphatic hydroxyl groups excluding tert-OH is 2. The average Bonchev–Trinajstić information content (AvgIpc) is 2.69. The molecule has 0 aromatic carbocycles. The number of rotatable bonds is 7. The third-order valence-electron chi connectivity index (χ3n) is 5.58. The van der Waals surface area contributed by atoms with Crippen LogP contribution in [-0.2, 0) is 0 Å². The maximum atomic E-state index is 9.62. The minimum atomic E-state index is -0.760. The predicted molar refractivity (Wildman–Crippen MR) is 104 cm³/mol. The number of aromatic nitrogens is 2. The Balaban J connectivity index is 1.51. The second-order valence-corrected chi connectivity index (χ2v) is 7.72. The van der Waals surface area contributed by atoms with E-state index in [4.69, 9.17) is 5.11 Å². The zero-order valence-corrected chi connectivity index (χ0v) is 15.9. The van der Waals surface area contributed by atoms with Crippen molar-refractivity contribution in [3.05, 3.63) is 12.3 Å². The lowest BCUT2D eigenvalue weighted by Crippen LogP contribution is -2.41. The molecule has 146 valence electrons. The van der Waals surface area contributed by atoms with Gasteiger partial charge in [0.05, 0.1) is 12.7 Å². The summed E-state index contributed by atoms with van der Waals surface area (Å²) in [5, 5.41) is 18.6. The fourth-order valence-corrected chi connectivity index (χ4v) is 3.99. The topological polar surface area (TPSA) is 76.0 Å². The first kappa shape index (κ1) is 19.3. The first-order chi connectivity index (χ1) is 12.7. The summed E-state index contributed by atoms with van der Waals surface area (Å²) < 4.78 is 0. The summed E-state index contributed by atoms with van der Waals surface area (Å²) in [6.45, 7) is 5.92. The van der Waals surface area contributed by atoms with Gasteiger partial charge in [0.2, 0.25) is 5.95 Å². The maximum absolute atomic E-state index is 9.62. The lowest BCUT2D eigenvalue weighted by molar-refractivity contribution is 0.101. The SMILES string of the molecule is CN(C[C@@H](O)CO)c1ccnc(N2CCC(CN3CCCCC3)CC2)n1. The molecule has 2 fully saturated rings. The Hall–Kier alpha value is -1.44. The Bertz CT molecular complexity index is 544. The second kappa shape index (κ2) is 9.48. The van der Waals surface area contributed by atoms with E-state index >= 15 is 0 Å². The van der Waals surface area contributed by atoms with E-state index in [0.29, 0.717) is 6.54 Å². The van der Waals surface area contributed by atoms with Gasteiger partial charge in [0.1, 0.15) is 5.82 Å². The molecular weight excluding hydrogens is 330 g/mol. The number of hydrogen-bond donors (Lipinski definition) is 2. The van der Waals surface area contributed by atoms with Crippen LogP contribution in [-0.4, -0.2) is 84.1 Å². The fourth-order valence-electron chi connectivity index (χ4n) is 3.99. The summed E-state index contributed by atoms with van der Waals surface area (Å²) in [4.78, 5) is 15.9. The predicted octanol–water partition coefficient (Wildman–Crippen LogP) is 0.968. The fraction of sp³-hybridized carbons (Fsp3) is 0.789. The van der Waals surface area contributed by atoms with Crippen molar-refractivity contribution in [2.45, 2.75) is 38.2 Å². The molecule has 0 saturated carbocycles. The minimum absolute atomic E-state index is 0.243. The largest absolute Gasteiger partial charge is 0.394 e. The Morgan fingerprint density at radius 2 is 1.92 bits per heavy atom. The van der Waals surface area contributed by atoms with Gasteiger partial charge in [0.25, 0.3) is 0 Å². The maximum Gasteiger partial charge on any atom is 0.227 e. The Morgan fingerprint density at radius 1 is 1.19 bits per heavy atom. The molecule has 0 spiro atoms. The molecular formula is C19H33N5O2. The van der Waals surface area contributed by atoms with Crippen LogP contribution in [0.3, 0.4) is 0 Å². The molecule has 0 amide bonds. The van der Waals surface area contributed by atoms with E-state index in [9.17, 15) is 5.11 Å². The Morgan fingerprint density at radius 3 is 2.62 bits per heavy atom. The van der Waals surface area contributed by atoms with Crippen LogP contribution < -0.4 is 9.80 Å². The van der Waals surface area contributed by atoms with Gasteiger partial charge in [0.15, 0.2) is 0 Å². The molecule has 0 radical (unpaired) electrons. The number of anilines is 2. The zero-order chi connectivity index (χ0) is 18.4. The summed E-state index contributed by atoms with van der Waals surface area (Å²) in [7, 11) is 1.87. The van der Waals surface area contributed by atoms with Gasteiger partial charge in [-0.3, -0.25) is 0 Å². The van der Waals surface area contributed by atoms with Crippen LogP contribution >= 0.6 is 0 Å². The van der Waals surface area contributed by atoms with Gasteiger partial charge in [0, 0.05) is 39.4 Å². The monoisotopic (exact) mass is 363 g/mol. The number of likely N-dealkylation sites (N-methyl/N-ethyl adjacent to an activating group) is 1. The lowest BCUT2D eigenvalue weighted by atomic mass is 9.95. The standard InChI is InChI=1S/C19H33N5O2/c1-22(14-17(26)15-25)18-5-8-20-19(21-18)24-11-6-16(7-12-24)13-23-9-3-2-4-10-23/h5,8,16-17,25-26H,2-4,6-7,9-15H2,1H3/t17-/m1/s1. The molecule has 3 heterocycles. The molecule has 0 unspecified atom stereocenters. The van der Waals surface area contributed by atoms with Crippen molar-refractivity contribution in [2.24, 2.45) is 5.92 Å². The van der Waals surface area contributed by atoms with Crippen molar-refractivity contribution in [1.29, 1.82) is 0 Å². The van der Waals surface area contributed by atoms with Crippen molar-refractivity contribution in [3.8, 4) is 0 Å². The summed E-state index contributed by atoms with van der Waals surface area (Å²) in [5.41, 5.74) is 0. The van der Waals surface area contributed by atoms with Crippen LogP contribution in [0.15, 0.2) is 12.3 Å². The van der Waals surface area contributed by atoms with Crippen LogP contribution in [0.1, 0.15) is 32.1 Å². The molecule has 2 N–H and O–H groups in total. The highest BCUT2D eigenvalue weighted by molar-refractivity contribution is 5.43. The van der Waals surface area contributed by atoms with Crippen molar-refractivity contribution in [2.75, 3.05) is 62.7 Å². The first-order valence-corrected chi connectivity index (χ1v) is 9.96. The second-order valence-electron chi connectivity index (χ2n) is 7.72. The highest BCUT2D eigenvalue weighted by atomic mass is 16.3. The summed E-state index contributed by atoms with van der Waals surface area (Å²) in [6.07, 6.45) is 7.53. The summed E-state index contributed by atoms with van der Waals surface area (Å²) in [5.74, 6) is 2.33. The van der Waals surface area contributed by atoms with E-state index < -0.39 is 6.10 Å². The zero-order valence-electron chi connectivity index (χ0n) is 15.9. The third kappa shape index (κ3) is 5.28. The van der Waals surface area contributed by atoms with Crippen molar-refractivity contribution >= 4 is 11.8 Å². The van der Waals surface area contributed by atoms with Gasteiger partial charge in [-0.05, 0) is 50.8 Å². The normalized spacial score (nSPS) is 21.0. The molecule has 1 aromatic rings. The Kier molecular flexibility index (Phi) is 7.05. The molecule has 2 saturated heterocycles. The van der Waals surface area contributed by atoms with Gasteiger partial charge in [-0.15, -0.1) is 0 Å². The van der Waals surface area contributed by atoms with Crippen LogP contribution in [0.2, 0.25) is 0 Å². The summed E-state index contributed by atoms with van der Waals surface area (Å²) in [6, 6.07) is 1.84. The highest BCUT2D eigenvalue weighted by Crippen LogP contribution is 2.24. The molecule has 26 heavy (non-hydrogen) atoms. The van der Waals surface area contributed by atoms with E-state index in [1.807, 2.05) is 18.0 Å². The van der Waals surface area contributed by atoms with Gasteiger partial charge in [-0.1, -0.05) is 6.42 Å². The molecule has 3 rings (SSSR count). The van der Waals surface area contributed by atoms with E-state index in [2.05, 4.69) is 19.8 Å². The third-order valence-corrected chi connectivity index (χ3v) is 5.58. The quantitative estimate of drug-likeness (QED) is 0.747.